The SMILES string of the molecule is N#Cc1ncc(NC(=O)C2C3CCC(O3)C2C(F)(F)F)cc1Cl. The van der Waals surface area contributed by atoms with E-state index in [0.29, 0.717) is 12.8 Å². The van der Waals surface area contributed by atoms with Crippen LogP contribution in [-0.2, 0) is 9.53 Å². The van der Waals surface area contributed by atoms with Crippen molar-refractivity contribution in [1.29, 1.82) is 5.26 Å². The standard InChI is InChI=1S/C14H11ClF3N3O2/c15-7-3-6(5-20-8(7)4-19)21-13(22)11-9-1-2-10(23-9)12(11)14(16,17)18/h3,5,9-12H,1-2H2,(H,21,22). The second-order valence-electron chi connectivity index (χ2n) is 5.54. The van der Waals surface area contributed by atoms with E-state index in [2.05, 4.69) is 10.3 Å². The highest BCUT2D eigenvalue weighted by Gasteiger charge is 2.62. The van der Waals surface area contributed by atoms with Crippen LogP contribution in [0.15, 0.2) is 12.3 Å². The van der Waals surface area contributed by atoms with Crippen molar-refractivity contribution < 1.29 is 22.7 Å². The lowest BCUT2D eigenvalue weighted by Gasteiger charge is -2.28. The van der Waals surface area contributed by atoms with E-state index < -0.39 is 36.1 Å². The largest absolute Gasteiger partial charge is 0.395 e. The average molecular weight is 346 g/mol. The Morgan fingerprint density at radius 1 is 1.43 bits per heavy atom. The normalized spacial score (nSPS) is 29.3. The first-order chi connectivity index (χ1) is 10.8. The van der Waals surface area contributed by atoms with Crippen molar-refractivity contribution >= 4 is 23.2 Å². The maximum absolute atomic E-state index is 13.2. The molecule has 23 heavy (non-hydrogen) atoms. The van der Waals surface area contributed by atoms with E-state index in [1.807, 2.05) is 0 Å². The highest BCUT2D eigenvalue weighted by Crippen LogP contribution is 2.50. The van der Waals surface area contributed by atoms with Crippen LogP contribution in [0.3, 0.4) is 0 Å². The van der Waals surface area contributed by atoms with Gasteiger partial charge in [-0.2, -0.15) is 18.4 Å². The molecule has 2 saturated heterocycles. The Balaban J connectivity index is 1.80. The van der Waals surface area contributed by atoms with Gasteiger partial charge in [0.25, 0.3) is 0 Å². The molecule has 1 aromatic rings. The fraction of sp³-hybridized carbons (Fsp3) is 0.500. The van der Waals surface area contributed by atoms with Crippen LogP contribution in [0.25, 0.3) is 0 Å². The van der Waals surface area contributed by atoms with Crippen LogP contribution in [0.1, 0.15) is 18.5 Å². The number of halogens is 4. The second kappa shape index (κ2) is 5.65. The molecule has 2 aliphatic rings. The van der Waals surface area contributed by atoms with E-state index in [1.54, 1.807) is 6.07 Å². The van der Waals surface area contributed by atoms with Gasteiger partial charge in [-0.25, -0.2) is 4.98 Å². The number of amides is 1. The number of nitriles is 1. The molecule has 1 aromatic heterocycles. The number of aromatic nitrogens is 1. The minimum atomic E-state index is -4.50. The zero-order chi connectivity index (χ0) is 16.8. The van der Waals surface area contributed by atoms with E-state index in [0.717, 1.165) is 0 Å². The minimum Gasteiger partial charge on any atom is -0.373 e. The number of hydrogen-bond acceptors (Lipinski definition) is 4. The lowest BCUT2D eigenvalue weighted by molar-refractivity contribution is -0.196. The molecule has 3 heterocycles. The van der Waals surface area contributed by atoms with Crippen LogP contribution in [0.2, 0.25) is 5.02 Å². The van der Waals surface area contributed by atoms with E-state index in [4.69, 9.17) is 21.6 Å². The summed E-state index contributed by atoms with van der Waals surface area (Å²) < 4.78 is 44.9. The van der Waals surface area contributed by atoms with Gasteiger partial charge in [-0.3, -0.25) is 4.79 Å². The Kier molecular flexibility index (Phi) is 3.94. The molecule has 5 nitrogen and oxygen atoms in total. The van der Waals surface area contributed by atoms with Gasteiger partial charge >= 0.3 is 6.18 Å². The number of carbonyl (C=O) groups is 1. The number of carbonyl (C=O) groups excluding carboxylic acids is 1. The smallest absolute Gasteiger partial charge is 0.373 e. The van der Waals surface area contributed by atoms with E-state index >= 15 is 0 Å². The molecule has 4 unspecified atom stereocenters. The lowest BCUT2D eigenvalue weighted by Crippen LogP contribution is -2.44. The molecule has 1 N–H and O–H groups in total. The summed E-state index contributed by atoms with van der Waals surface area (Å²) >= 11 is 5.80. The molecular weight excluding hydrogens is 335 g/mol. The monoisotopic (exact) mass is 345 g/mol. The van der Waals surface area contributed by atoms with Crippen LogP contribution in [0.5, 0.6) is 0 Å². The van der Waals surface area contributed by atoms with Crippen LogP contribution in [-0.4, -0.2) is 29.3 Å². The van der Waals surface area contributed by atoms with Crippen LogP contribution >= 0.6 is 11.6 Å². The maximum atomic E-state index is 13.2. The van der Waals surface area contributed by atoms with Gasteiger partial charge in [-0.15, -0.1) is 0 Å². The number of nitrogens with one attached hydrogen (secondary N) is 1. The molecule has 122 valence electrons. The Labute approximate surface area is 134 Å². The van der Waals surface area contributed by atoms with Gasteiger partial charge in [0, 0.05) is 0 Å². The summed E-state index contributed by atoms with van der Waals surface area (Å²) in [7, 11) is 0. The molecule has 4 atom stereocenters. The Morgan fingerprint density at radius 2 is 2.13 bits per heavy atom. The Morgan fingerprint density at radius 3 is 2.74 bits per heavy atom. The fourth-order valence-electron chi connectivity index (χ4n) is 3.24. The highest BCUT2D eigenvalue weighted by molar-refractivity contribution is 6.31. The van der Waals surface area contributed by atoms with Crippen LogP contribution < -0.4 is 5.32 Å². The predicted molar refractivity (Wildman–Crippen MR) is 73.5 cm³/mol. The Hall–Kier alpha value is -1.85. The van der Waals surface area contributed by atoms with Gasteiger partial charge in [0.1, 0.15) is 6.07 Å². The van der Waals surface area contributed by atoms with E-state index in [1.165, 1.54) is 12.3 Å². The Bertz CT molecular complexity index is 689. The summed E-state index contributed by atoms with van der Waals surface area (Å²) in [4.78, 5) is 16.0. The second-order valence-corrected chi connectivity index (χ2v) is 5.95. The summed E-state index contributed by atoms with van der Waals surface area (Å²) in [5, 5.41) is 11.1. The summed E-state index contributed by atoms with van der Waals surface area (Å²) in [6, 6.07) is 3.03. The van der Waals surface area contributed by atoms with Gasteiger partial charge in [0.05, 0.1) is 41.0 Å². The third-order valence-corrected chi connectivity index (χ3v) is 4.46. The highest BCUT2D eigenvalue weighted by atomic mass is 35.5. The first-order valence-electron chi connectivity index (χ1n) is 6.90. The van der Waals surface area contributed by atoms with Crippen molar-refractivity contribution in [2.24, 2.45) is 11.8 Å². The summed E-state index contributed by atoms with van der Waals surface area (Å²) in [6.07, 6.45) is -4.27. The number of anilines is 1. The topological polar surface area (TPSA) is 75.0 Å². The number of pyridine rings is 1. The zero-order valence-electron chi connectivity index (χ0n) is 11.6. The van der Waals surface area contributed by atoms with Crippen molar-refractivity contribution in [3.8, 4) is 6.07 Å². The van der Waals surface area contributed by atoms with Gasteiger partial charge in [0.2, 0.25) is 5.91 Å². The molecule has 9 heteroatoms. The number of nitrogens with zero attached hydrogens (tertiary/aromatic N) is 2. The molecule has 0 aromatic carbocycles. The number of fused-ring (bicyclic) bond motifs is 2. The van der Waals surface area contributed by atoms with Gasteiger partial charge in [-0.1, -0.05) is 11.6 Å². The molecule has 0 radical (unpaired) electrons. The predicted octanol–water partition coefficient (Wildman–Crippen LogP) is 2.90. The van der Waals surface area contributed by atoms with E-state index in [-0.39, 0.29) is 16.4 Å². The fourth-order valence-corrected chi connectivity index (χ4v) is 3.45. The maximum Gasteiger partial charge on any atom is 0.395 e. The van der Waals surface area contributed by atoms with Gasteiger partial charge in [-0.05, 0) is 18.9 Å². The van der Waals surface area contributed by atoms with Crippen molar-refractivity contribution in [2.75, 3.05) is 5.32 Å². The molecule has 0 saturated carbocycles. The lowest BCUT2D eigenvalue weighted by atomic mass is 9.78. The summed E-state index contributed by atoms with van der Waals surface area (Å²) in [6.45, 7) is 0. The minimum absolute atomic E-state index is 0.0156. The third-order valence-electron chi connectivity index (χ3n) is 4.17. The summed E-state index contributed by atoms with van der Waals surface area (Å²) in [5.41, 5.74) is 0.115. The molecule has 2 fully saturated rings. The number of alkyl halides is 3. The molecular formula is C14H11ClF3N3O2. The van der Waals surface area contributed by atoms with Crippen molar-refractivity contribution in [1.82, 2.24) is 4.98 Å². The number of rotatable bonds is 2. The van der Waals surface area contributed by atoms with Gasteiger partial charge in [0.15, 0.2) is 5.69 Å². The van der Waals surface area contributed by atoms with Crippen molar-refractivity contribution in [2.45, 2.75) is 31.2 Å². The quantitative estimate of drug-likeness (QED) is 0.894. The van der Waals surface area contributed by atoms with Crippen LogP contribution in [0.4, 0.5) is 18.9 Å². The molecule has 1 amide bonds. The number of ether oxygens (including phenoxy) is 1. The average Bonchev–Trinajstić information content (AvgIpc) is 3.07. The first kappa shape index (κ1) is 16.0. The molecule has 0 aliphatic carbocycles. The molecule has 0 spiro atoms. The third kappa shape index (κ3) is 2.86. The van der Waals surface area contributed by atoms with Crippen molar-refractivity contribution in [3.05, 3.63) is 23.0 Å². The number of hydrogen-bond donors (Lipinski definition) is 1. The van der Waals surface area contributed by atoms with E-state index in [9.17, 15) is 18.0 Å². The summed E-state index contributed by atoms with van der Waals surface area (Å²) in [5.74, 6) is -3.87. The molecule has 2 bridgehead atoms. The first-order valence-corrected chi connectivity index (χ1v) is 7.27. The molecule has 2 aliphatic heterocycles. The molecule has 3 rings (SSSR count). The zero-order valence-corrected chi connectivity index (χ0v) is 12.4. The van der Waals surface area contributed by atoms with Crippen molar-refractivity contribution in [3.63, 3.8) is 0 Å². The van der Waals surface area contributed by atoms with Gasteiger partial charge < -0.3 is 10.1 Å². The van der Waals surface area contributed by atoms with Crippen LogP contribution in [0, 0.1) is 23.2 Å².